The van der Waals surface area contributed by atoms with Crippen LogP contribution in [0.15, 0.2) is 29.0 Å². The summed E-state index contributed by atoms with van der Waals surface area (Å²) in [5, 5.41) is 3.16. The van der Waals surface area contributed by atoms with Crippen LogP contribution in [0.3, 0.4) is 0 Å². The Kier molecular flexibility index (Phi) is 3.47. The van der Waals surface area contributed by atoms with Gasteiger partial charge in [-0.25, -0.2) is 9.37 Å². The van der Waals surface area contributed by atoms with Crippen LogP contribution < -0.4 is 5.32 Å². The second-order valence-corrected chi connectivity index (χ2v) is 4.56. The molecule has 1 aromatic heterocycles. The molecule has 0 fully saturated rings. The molecule has 0 saturated carbocycles. The molecule has 17 heavy (non-hydrogen) atoms. The Bertz CT molecular complexity index is 537. The summed E-state index contributed by atoms with van der Waals surface area (Å²) in [6.45, 7) is 4.67. The summed E-state index contributed by atoms with van der Waals surface area (Å²) in [6.07, 6.45) is 3.57. The summed E-state index contributed by atoms with van der Waals surface area (Å²) in [5.41, 5.74) is 1.77. The van der Waals surface area contributed by atoms with E-state index >= 15 is 0 Å². The molecule has 1 N–H and O–H groups in total. The molecule has 3 nitrogen and oxygen atoms in total. The standard InChI is InChI=1S/C12H13BrFN3/c1-3-15-12-16-4-5-17(12)11-7-9(13)10(14)6-8(11)2/h4-7H,3H2,1-2H3,(H,15,16). The number of aryl methyl sites for hydroxylation is 1. The Balaban J connectivity index is 2.52. The first kappa shape index (κ1) is 12.1. The summed E-state index contributed by atoms with van der Waals surface area (Å²) >= 11 is 3.20. The Morgan fingerprint density at radius 1 is 1.47 bits per heavy atom. The van der Waals surface area contributed by atoms with Crippen LogP contribution in [-0.2, 0) is 0 Å². The van der Waals surface area contributed by atoms with Gasteiger partial charge in [-0.2, -0.15) is 0 Å². The van der Waals surface area contributed by atoms with Crippen molar-refractivity contribution in [2.75, 3.05) is 11.9 Å². The van der Waals surface area contributed by atoms with E-state index in [1.165, 1.54) is 6.07 Å². The zero-order valence-electron chi connectivity index (χ0n) is 9.67. The van der Waals surface area contributed by atoms with E-state index in [2.05, 4.69) is 26.2 Å². The fraction of sp³-hybridized carbons (Fsp3) is 0.250. The van der Waals surface area contributed by atoms with Gasteiger partial charge in [0.25, 0.3) is 0 Å². The molecule has 0 aliphatic rings. The van der Waals surface area contributed by atoms with Gasteiger partial charge in [-0.1, -0.05) is 0 Å². The van der Waals surface area contributed by atoms with Gasteiger partial charge < -0.3 is 5.32 Å². The zero-order valence-corrected chi connectivity index (χ0v) is 11.3. The van der Waals surface area contributed by atoms with Crippen molar-refractivity contribution in [3.05, 3.63) is 40.4 Å². The highest BCUT2D eigenvalue weighted by molar-refractivity contribution is 9.10. The van der Waals surface area contributed by atoms with Crippen molar-refractivity contribution < 1.29 is 4.39 Å². The minimum Gasteiger partial charge on any atom is -0.356 e. The van der Waals surface area contributed by atoms with Gasteiger partial charge in [0, 0.05) is 18.9 Å². The Morgan fingerprint density at radius 3 is 2.94 bits per heavy atom. The number of aromatic nitrogens is 2. The summed E-state index contributed by atoms with van der Waals surface area (Å²) in [6, 6.07) is 3.27. The number of hydrogen-bond donors (Lipinski definition) is 1. The third-order valence-corrected chi connectivity index (χ3v) is 3.08. The number of benzene rings is 1. The maximum Gasteiger partial charge on any atom is 0.207 e. The molecule has 2 rings (SSSR count). The van der Waals surface area contributed by atoms with Gasteiger partial charge in [0.15, 0.2) is 0 Å². The molecule has 0 radical (unpaired) electrons. The lowest BCUT2D eigenvalue weighted by Crippen LogP contribution is -2.06. The lowest BCUT2D eigenvalue weighted by molar-refractivity contribution is 0.619. The van der Waals surface area contributed by atoms with E-state index in [-0.39, 0.29) is 5.82 Å². The second kappa shape index (κ2) is 4.87. The van der Waals surface area contributed by atoms with Crippen molar-refractivity contribution in [2.24, 2.45) is 0 Å². The summed E-state index contributed by atoms with van der Waals surface area (Å²) in [5.74, 6) is 0.505. The minimum absolute atomic E-state index is 0.253. The quantitative estimate of drug-likeness (QED) is 0.939. The third-order valence-electron chi connectivity index (χ3n) is 2.47. The number of imidazole rings is 1. The molecule has 0 amide bonds. The van der Waals surface area contributed by atoms with Gasteiger partial charge in [0.05, 0.1) is 10.2 Å². The Morgan fingerprint density at radius 2 is 2.24 bits per heavy atom. The topological polar surface area (TPSA) is 29.9 Å². The highest BCUT2D eigenvalue weighted by Gasteiger charge is 2.10. The minimum atomic E-state index is -0.253. The van der Waals surface area contributed by atoms with Gasteiger partial charge in [0.2, 0.25) is 5.95 Å². The van der Waals surface area contributed by atoms with Crippen molar-refractivity contribution in [1.82, 2.24) is 9.55 Å². The molecule has 0 atom stereocenters. The summed E-state index contributed by atoms with van der Waals surface area (Å²) < 4.78 is 15.7. The molecule has 1 heterocycles. The Hall–Kier alpha value is -1.36. The van der Waals surface area contributed by atoms with Crippen LogP contribution in [0.1, 0.15) is 12.5 Å². The highest BCUT2D eigenvalue weighted by atomic mass is 79.9. The molecule has 0 saturated heterocycles. The molecule has 1 aromatic carbocycles. The van der Waals surface area contributed by atoms with Crippen molar-refractivity contribution in [3.63, 3.8) is 0 Å². The van der Waals surface area contributed by atoms with Gasteiger partial charge in [0.1, 0.15) is 5.82 Å². The molecule has 0 bridgehead atoms. The number of anilines is 1. The lowest BCUT2D eigenvalue weighted by Gasteiger charge is -2.12. The van der Waals surface area contributed by atoms with Crippen LogP contribution in [0.25, 0.3) is 5.69 Å². The smallest absolute Gasteiger partial charge is 0.207 e. The maximum atomic E-state index is 13.4. The van der Waals surface area contributed by atoms with Crippen LogP contribution in [0, 0.1) is 12.7 Å². The first-order valence-corrected chi connectivity index (χ1v) is 6.16. The number of nitrogens with zero attached hydrogens (tertiary/aromatic N) is 2. The van der Waals surface area contributed by atoms with Crippen LogP contribution in [-0.4, -0.2) is 16.1 Å². The van der Waals surface area contributed by atoms with Gasteiger partial charge in [-0.3, -0.25) is 4.57 Å². The van der Waals surface area contributed by atoms with Gasteiger partial charge in [-0.05, 0) is 47.5 Å². The van der Waals surface area contributed by atoms with E-state index in [0.29, 0.717) is 4.47 Å². The molecule has 90 valence electrons. The molecule has 0 aliphatic carbocycles. The molecular weight excluding hydrogens is 285 g/mol. The first-order valence-electron chi connectivity index (χ1n) is 5.36. The molecule has 2 aromatic rings. The molecule has 0 spiro atoms. The summed E-state index contributed by atoms with van der Waals surface area (Å²) in [7, 11) is 0. The predicted octanol–water partition coefficient (Wildman–Crippen LogP) is 3.51. The SMILES string of the molecule is CCNc1nccn1-c1cc(Br)c(F)cc1C. The predicted molar refractivity (Wildman–Crippen MR) is 70.1 cm³/mol. The fourth-order valence-corrected chi connectivity index (χ4v) is 2.01. The molecular formula is C12H13BrFN3. The Labute approximate surface area is 108 Å². The number of halogens is 2. The number of rotatable bonds is 3. The van der Waals surface area contributed by atoms with E-state index in [9.17, 15) is 4.39 Å². The van der Waals surface area contributed by atoms with Crippen LogP contribution in [0.4, 0.5) is 10.3 Å². The van der Waals surface area contributed by atoms with Crippen molar-refractivity contribution >= 4 is 21.9 Å². The fourth-order valence-electron chi connectivity index (χ4n) is 1.68. The number of hydrogen-bond acceptors (Lipinski definition) is 2. The van der Waals surface area contributed by atoms with Gasteiger partial charge >= 0.3 is 0 Å². The average molecular weight is 298 g/mol. The molecule has 0 unspecified atom stereocenters. The maximum absolute atomic E-state index is 13.4. The van der Waals surface area contributed by atoms with E-state index < -0.39 is 0 Å². The van der Waals surface area contributed by atoms with E-state index in [1.54, 1.807) is 12.3 Å². The largest absolute Gasteiger partial charge is 0.356 e. The van der Waals surface area contributed by atoms with Crippen LogP contribution in [0.2, 0.25) is 0 Å². The van der Waals surface area contributed by atoms with Crippen LogP contribution >= 0.6 is 15.9 Å². The van der Waals surface area contributed by atoms with E-state index in [0.717, 1.165) is 23.7 Å². The monoisotopic (exact) mass is 297 g/mol. The number of nitrogens with one attached hydrogen (secondary N) is 1. The summed E-state index contributed by atoms with van der Waals surface area (Å²) in [4.78, 5) is 4.22. The van der Waals surface area contributed by atoms with E-state index in [1.807, 2.05) is 24.6 Å². The van der Waals surface area contributed by atoms with Gasteiger partial charge in [-0.15, -0.1) is 0 Å². The zero-order chi connectivity index (χ0) is 12.4. The first-order chi connectivity index (χ1) is 8.13. The normalized spacial score (nSPS) is 10.6. The van der Waals surface area contributed by atoms with Crippen molar-refractivity contribution in [1.29, 1.82) is 0 Å². The third kappa shape index (κ3) is 2.34. The average Bonchev–Trinajstić information content (AvgIpc) is 2.72. The lowest BCUT2D eigenvalue weighted by atomic mass is 10.2. The second-order valence-electron chi connectivity index (χ2n) is 3.70. The van der Waals surface area contributed by atoms with Crippen LogP contribution in [0.5, 0.6) is 0 Å². The molecule has 0 aliphatic heterocycles. The van der Waals surface area contributed by atoms with Crippen molar-refractivity contribution in [3.8, 4) is 5.69 Å². The molecule has 5 heteroatoms. The van der Waals surface area contributed by atoms with Crippen molar-refractivity contribution in [2.45, 2.75) is 13.8 Å². The highest BCUT2D eigenvalue weighted by Crippen LogP contribution is 2.25. The van der Waals surface area contributed by atoms with E-state index in [4.69, 9.17) is 0 Å².